The van der Waals surface area contributed by atoms with E-state index in [1.54, 1.807) is 16.7 Å². The Hall–Kier alpha value is -2.25. The second kappa shape index (κ2) is 8.03. The van der Waals surface area contributed by atoms with Gasteiger partial charge in [0.25, 0.3) is 0 Å². The topological polar surface area (TPSA) is 44.1 Å². The van der Waals surface area contributed by atoms with E-state index in [2.05, 4.69) is 39.8 Å². The number of para-hydroxylation sites is 1. The predicted octanol–water partition coefficient (Wildman–Crippen LogP) is 4.57. The van der Waals surface area contributed by atoms with E-state index in [1.165, 1.54) is 27.1 Å². The minimum absolute atomic E-state index is 0.0503. The van der Waals surface area contributed by atoms with Crippen molar-refractivity contribution in [2.45, 2.75) is 32.6 Å². The Balaban J connectivity index is 2.19. The highest BCUT2D eigenvalue weighted by atomic mass is 32.2. The Bertz CT molecular complexity index is 752. The molecule has 0 aliphatic carbocycles. The zero-order valence-corrected chi connectivity index (χ0v) is 15.4. The number of nitriles is 1. The van der Waals surface area contributed by atoms with Crippen LogP contribution in [0.25, 0.3) is 0 Å². The molecule has 0 saturated heterocycles. The summed E-state index contributed by atoms with van der Waals surface area (Å²) in [6, 6.07) is 13.6. The lowest BCUT2D eigenvalue weighted by molar-refractivity contribution is -0.116. The van der Waals surface area contributed by atoms with E-state index in [-0.39, 0.29) is 12.5 Å². The molecular formula is C20H22N2OS. The van der Waals surface area contributed by atoms with E-state index in [0.717, 1.165) is 5.69 Å². The van der Waals surface area contributed by atoms with Gasteiger partial charge in [0, 0.05) is 10.6 Å². The van der Waals surface area contributed by atoms with Crippen molar-refractivity contribution in [2.24, 2.45) is 0 Å². The first-order valence-corrected chi connectivity index (χ1v) is 8.86. The summed E-state index contributed by atoms with van der Waals surface area (Å²) in [5, 5.41) is 9.04. The number of rotatable bonds is 5. The third kappa shape index (κ3) is 3.98. The number of aryl methyl sites for hydroxylation is 2. The fraction of sp³-hybridized carbons (Fsp3) is 0.300. The van der Waals surface area contributed by atoms with E-state index in [0.29, 0.717) is 5.75 Å². The Morgan fingerprint density at radius 3 is 2.21 bits per heavy atom. The van der Waals surface area contributed by atoms with Crippen LogP contribution in [0.1, 0.15) is 22.3 Å². The number of hydrogen-bond acceptors (Lipinski definition) is 3. The summed E-state index contributed by atoms with van der Waals surface area (Å²) in [5.74, 6) is 0.270. The van der Waals surface area contributed by atoms with Crippen LogP contribution in [0, 0.1) is 39.0 Å². The summed E-state index contributed by atoms with van der Waals surface area (Å²) >= 11 is 1.56. The summed E-state index contributed by atoms with van der Waals surface area (Å²) < 4.78 is 0. The maximum atomic E-state index is 12.7. The summed E-state index contributed by atoms with van der Waals surface area (Å²) in [4.78, 5) is 15.4. The summed E-state index contributed by atoms with van der Waals surface area (Å²) in [7, 11) is 0. The molecule has 24 heavy (non-hydrogen) atoms. The normalized spacial score (nSPS) is 10.3. The highest BCUT2D eigenvalue weighted by Gasteiger charge is 2.17. The van der Waals surface area contributed by atoms with Gasteiger partial charge in [-0.05, 0) is 62.1 Å². The smallest absolute Gasteiger partial charge is 0.238 e. The molecule has 0 fully saturated rings. The monoisotopic (exact) mass is 338 g/mol. The van der Waals surface area contributed by atoms with Crippen LogP contribution in [0.3, 0.4) is 0 Å². The molecule has 2 rings (SSSR count). The quantitative estimate of drug-likeness (QED) is 0.592. The Morgan fingerprint density at radius 2 is 1.67 bits per heavy atom. The van der Waals surface area contributed by atoms with Crippen molar-refractivity contribution in [3.63, 3.8) is 0 Å². The zero-order valence-electron chi connectivity index (χ0n) is 14.6. The number of carbonyl (C=O) groups excluding carboxylic acids is 1. The first-order valence-electron chi connectivity index (χ1n) is 7.88. The molecule has 0 saturated carbocycles. The lowest BCUT2D eigenvalue weighted by Crippen LogP contribution is -2.32. The van der Waals surface area contributed by atoms with Crippen LogP contribution in [-0.4, -0.2) is 18.2 Å². The van der Waals surface area contributed by atoms with E-state index < -0.39 is 0 Å². The van der Waals surface area contributed by atoms with E-state index in [1.807, 2.05) is 30.3 Å². The Morgan fingerprint density at radius 1 is 1.08 bits per heavy atom. The molecule has 0 aliphatic rings. The van der Waals surface area contributed by atoms with Crippen LogP contribution in [0.15, 0.2) is 41.3 Å². The Kier molecular flexibility index (Phi) is 6.05. The van der Waals surface area contributed by atoms with Gasteiger partial charge in [-0.2, -0.15) is 5.26 Å². The number of carbonyl (C=O) groups is 1. The van der Waals surface area contributed by atoms with Crippen molar-refractivity contribution in [2.75, 3.05) is 17.2 Å². The second-order valence-electron chi connectivity index (χ2n) is 5.85. The molecule has 4 heteroatoms. The fourth-order valence-corrected chi connectivity index (χ4v) is 3.79. The standard InChI is InChI=1S/C20H22N2OS/c1-14-12-15(2)17(4)20(16(14)3)24-13-19(23)22(11-10-21)18-8-6-5-7-9-18/h5-9,12H,11,13H2,1-4H3. The molecule has 0 radical (unpaired) electrons. The molecule has 2 aromatic carbocycles. The number of amides is 1. The minimum Gasteiger partial charge on any atom is -0.298 e. The molecule has 124 valence electrons. The van der Waals surface area contributed by atoms with Gasteiger partial charge < -0.3 is 0 Å². The third-order valence-electron chi connectivity index (χ3n) is 4.23. The van der Waals surface area contributed by atoms with Gasteiger partial charge in [-0.25, -0.2) is 0 Å². The molecule has 0 spiro atoms. The van der Waals surface area contributed by atoms with Gasteiger partial charge in [-0.1, -0.05) is 24.3 Å². The highest BCUT2D eigenvalue weighted by molar-refractivity contribution is 8.00. The predicted molar refractivity (Wildman–Crippen MR) is 101 cm³/mol. The number of hydrogen-bond donors (Lipinski definition) is 0. The zero-order chi connectivity index (χ0) is 17.7. The van der Waals surface area contributed by atoms with Gasteiger partial charge in [0.05, 0.1) is 11.8 Å². The molecule has 0 N–H and O–H groups in total. The average molecular weight is 338 g/mol. The van der Waals surface area contributed by atoms with Crippen molar-refractivity contribution < 1.29 is 4.79 Å². The SMILES string of the molecule is Cc1cc(C)c(C)c(SCC(=O)N(CC#N)c2ccccc2)c1C. The lowest BCUT2D eigenvalue weighted by Gasteiger charge is -2.20. The number of benzene rings is 2. The molecule has 0 unspecified atom stereocenters. The Labute approximate surface area is 148 Å². The highest BCUT2D eigenvalue weighted by Crippen LogP contribution is 2.31. The number of anilines is 1. The van der Waals surface area contributed by atoms with Crippen molar-refractivity contribution >= 4 is 23.4 Å². The van der Waals surface area contributed by atoms with Crippen LogP contribution in [0.2, 0.25) is 0 Å². The second-order valence-corrected chi connectivity index (χ2v) is 6.84. The molecule has 0 aromatic heterocycles. The van der Waals surface area contributed by atoms with Crippen molar-refractivity contribution in [3.05, 3.63) is 58.7 Å². The summed E-state index contributed by atoms with van der Waals surface area (Å²) in [6.45, 7) is 8.45. The molecule has 0 aliphatic heterocycles. The maximum absolute atomic E-state index is 12.7. The first-order chi connectivity index (χ1) is 11.5. The van der Waals surface area contributed by atoms with Crippen LogP contribution < -0.4 is 4.90 Å². The first kappa shape index (κ1) is 18.1. The molecule has 2 aromatic rings. The third-order valence-corrected chi connectivity index (χ3v) is 5.53. The average Bonchev–Trinajstić information content (AvgIpc) is 2.58. The fourth-order valence-electron chi connectivity index (χ4n) is 2.61. The minimum atomic E-state index is -0.0503. The van der Waals surface area contributed by atoms with E-state index in [9.17, 15) is 4.79 Å². The van der Waals surface area contributed by atoms with E-state index >= 15 is 0 Å². The van der Waals surface area contributed by atoms with Crippen molar-refractivity contribution in [3.8, 4) is 6.07 Å². The number of nitrogens with zero attached hydrogens (tertiary/aromatic N) is 2. The molecule has 1 amide bonds. The molecule has 3 nitrogen and oxygen atoms in total. The molecule has 0 heterocycles. The van der Waals surface area contributed by atoms with Crippen molar-refractivity contribution in [1.82, 2.24) is 0 Å². The summed E-state index contributed by atoms with van der Waals surface area (Å²) in [5.41, 5.74) is 5.69. The van der Waals surface area contributed by atoms with Crippen LogP contribution in [0.4, 0.5) is 5.69 Å². The van der Waals surface area contributed by atoms with Crippen LogP contribution in [0.5, 0.6) is 0 Å². The van der Waals surface area contributed by atoms with Crippen LogP contribution >= 0.6 is 11.8 Å². The maximum Gasteiger partial charge on any atom is 0.238 e. The van der Waals surface area contributed by atoms with Gasteiger partial charge in [0.1, 0.15) is 6.54 Å². The largest absolute Gasteiger partial charge is 0.298 e. The van der Waals surface area contributed by atoms with Gasteiger partial charge in [-0.3, -0.25) is 9.69 Å². The summed E-state index contributed by atoms with van der Waals surface area (Å²) in [6.07, 6.45) is 0. The number of thioether (sulfide) groups is 1. The van der Waals surface area contributed by atoms with E-state index in [4.69, 9.17) is 5.26 Å². The van der Waals surface area contributed by atoms with Crippen molar-refractivity contribution in [1.29, 1.82) is 5.26 Å². The van der Waals surface area contributed by atoms with Gasteiger partial charge in [0.15, 0.2) is 0 Å². The van der Waals surface area contributed by atoms with Gasteiger partial charge in [-0.15, -0.1) is 11.8 Å². The van der Waals surface area contributed by atoms with Gasteiger partial charge in [0.2, 0.25) is 5.91 Å². The van der Waals surface area contributed by atoms with Gasteiger partial charge >= 0.3 is 0 Å². The van der Waals surface area contributed by atoms with Crippen LogP contribution in [-0.2, 0) is 4.79 Å². The lowest BCUT2D eigenvalue weighted by atomic mass is 10.0. The molecular weight excluding hydrogens is 316 g/mol. The molecule has 0 bridgehead atoms. The molecule has 0 atom stereocenters.